The highest BCUT2D eigenvalue weighted by molar-refractivity contribution is 9.10. The maximum atomic E-state index is 11.7. The number of likely N-dealkylation sites (N-methyl/N-ethyl adjacent to an activating group) is 1. The van der Waals surface area contributed by atoms with E-state index in [1.165, 1.54) is 17.5 Å². The van der Waals surface area contributed by atoms with E-state index in [0.29, 0.717) is 10.5 Å². The van der Waals surface area contributed by atoms with Crippen molar-refractivity contribution < 1.29 is 0 Å². The lowest BCUT2D eigenvalue weighted by molar-refractivity contribution is 0.276. The molecule has 0 aromatic carbocycles. The van der Waals surface area contributed by atoms with E-state index in [-0.39, 0.29) is 5.56 Å². The van der Waals surface area contributed by atoms with Gasteiger partial charge in [-0.1, -0.05) is 0 Å². The van der Waals surface area contributed by atoms with Crippen LogP contribution in [-0.4, -0.2) is 41.4 Å². The van der Waals surface area contributed by atoms with E-state index in [4.69, 9.17) is 0 Å². The van der Waals surface area contributed by atoms with Gasteiger partial charge in [0.15, 0.2) is 0 Å². The summed E-state index contributed by atoms with van der Waals surface area (Å²) < 4.78 is 1.87. The van der Waals surface area contributed by atoms with Crippen molar-refractivity contribution in [2.75, 3.05) is 26.0 Å². The quantitative estimate of drug-likeness (QED) is 0.890. The smallest absolute Gasteiger partial charge is 0.282 e. The van der Waals surface area contributed by atoms with Crippen molar-refractivity contribution in [3.05, 3.63) is 21.0 Å². The maximum absolute atomic E-state index is 11.7. The van der Waals surface area contributed by atoms with Gasteiger partial charge in [0.2, 0.25) is 0 Å². The lowest BCUT2D eigenvalue weighted by Gasteiger charge is -2.25. The monoisotopic (exact) mass is 314 g/mol. The van der Waals surface area contributed by atoms with Crippen molar-refractivity contribution in [1.29, 1.82) is 0 Å². The Balaban J connectivity index is 2.05. The minimum absolute atomic E-state index is 0.118. The van der Waals surface area contributed by atoms with E-state index >= 15 is 0 Å². The zero-order valence-corrected chi connectivity index (χ0v) is 12.6. The number of halogens is 1. The normalized spacial score (nSPS) is 16.9. The van der Waals surface area contributed by atoms with Gasteiger partial charge in [-0.2, -0.15) is 5.10 Å². The SMILES string of the molecule is CN(C)C(CNc1cnn(C)c(=O)c1Br)C1CC1. The van der Waals surface area contributed by atoms with E-state index < -0.39 is 0 Å². The van der Waals surface area contributed by atoms with Gasteiger partial charge in [-0.25, -0.2) is 4.68 Å². The molecule has 6 heteroatoms. The first kappa shape index (κ1) is 13.5. The first-order chi connectivity index (χ1) is 8.50. The molecule has 1 fully saturated rings. The number of anilines is 1. The summed E-state index contributed by atoms with van der Waals surface area (Å²) in [5.74, 6) is 0.783. The summed E-state index contributed by atoms with van der Waals surface area (Å²) in [5.41, 5.74) is 0.651. The van der Waals surface area contributed by atoms with Crippen LogP contribution < -0.4 is 10.9 Å². The molecule has 1 aliphatic rings. The molecule has 5 nitrogen and oxygen atoms in total. The zero-order valence-electron chi connectivity index (χ0n) is 11.0. The lowest BCUT2D eigenvalue weighted by atomic mass is 10.1. The van der Waals surface area contributed by atoms with Crippen LogP contribution in [0.3, 0.4) is 0 Å². The topological polar surface area (TPSA) is 50.2 Å². The summed E-state index contributed by atoms with van der Waals surface area (Å²) in [6.45, 7) is 0.838. The molecule has 0 spiro atoms. The molecule has 1 atom stereocenters. The number of nitrogens with one attached hydrogen (secondary N) is 1. The van der Waals surface area contributed by atoms with Gasteiger partial charge < -0.3 is 10.2 Å². The molecular formula is C12H19BrN4O. The predicted molar refractivity (Wildman–Crippen MR) is 75.9 cm³/mol. The molecule has 0 radical (unpaired) electrons. The molecule has 0 bridgehead atoms. The first-order valence-corrected chi connectivity index (χ1v) is 6.92. The Hall–Kier alpha value is -0.880. The van der Waals surface area contributed by atoms with Crippen molar-refractivity contribution in [2.24, 2.45) is 13.0 Å². The molecule has 100 valence electrons. The summed E-state index contributed by atoms with van der Waals surface area (Å²) in [7, 11) is 5.84. The van der Waals surface area contributed by atoms with Gasteiger partial charge in [0.25, 0.3) is 5.56 Å². The largest absolute Gasteiger partial charge is 0.381 e. The number of nitrogens with zero attached hydrogens (tertiary/aromatic N) is 3. The van der Waals surface area contributed by atoms with Crippen molar-refractivity contribution in [2.45, 2.75) is 18.9 Å². The number of rotatable bonds is 5. The summed E-state index contributed by atoms with van der Waals surface area (Å²) in [6, 6.07) is 0.515. The highest BCUT2D eigenvalue weighted by Crippen LogP contribution is 2.34. The second kappa shape index (κ2) is 5.40. The molecule has 0 amide bonds. The van der Waals surface area contributed by atoms with Gasteiger partial charge >= 0.3 is 0 Å². The fourth-order valence-corrected chi connectivity index (χ4v) is 2.60. The van der Waals surface area contributed by atoms with Crippen LogP contribution in [0.25, 0.3) is 0 Å². The Morgan fingerprint density at radius 1 is 1.61 bits per heavy atom. The predicted octanol–water partition coefficient (Wildman–Crippen LogP) is 1.29. The van der Waals surface area contributed by atoms with Crippen LogP contribution in [-0.2, 0) is 7.05 Å². The summed E-state index contributed by atoms with van der Waals surface area (Å²) in [4.78, 5) is 14.0. The van der Waals surface area contributed by atoms with E-state index in [9.17, 15) is 4.79 Å². The van der Waals surface area contributed by atoms with Gasteiger partial charge in [-0.05, 0) is 48.8 Å². The fourth-order valence-electron chi connectivity index (χ4n) is 2.10. The van der Waals surface area contributed by atoms with Crippen molar-refractivity contribution >= 4 is 21.6 Å². The molecule has 1 aliphatic carbocycles. The van der Waals surface area contributed by atoms with Crippen LogP contribution in [0.15, 0.2) is 15.5 Å². The molecule has 1 N–H and O–H groups in total. The first-order valence-electron chi connectivity index (χ1n) is 6.13. The third-order valence-corrected chi connectivity index (χ3v) is 4.18. The molecule has 0 saturated heterocycles. The third-order valence-electron chi connectivity index (χ3n) is 3.41. The standard InChI is InChI=1S/C12H19BrN4O/c1-16(2)10(8-4-5-8)7-14-9-6-15-17(3)12(18)11(9)13/h6,8,10,14H,4-5,7H2,1-3H3. The van der Waals surface area contributed by atoms with Gasteiger partial charge in [0.1, 0.15) is 4.47 Å². The molecule has 2 rings (SSSR count). The van der Waals surface area contributed by atoms with Crippen LogP contribution >= 0.6 is 15.9 Å². The Morgan fingerprint density at radius 3 is 2.83 bits per heavy atom. The second-order valence-corrected chi connectivity index (χ2v) is 5.84. The molecule has 18 heavy (non-hydrogen) atoms. The van der Waals surface area contributed by atoms with Gasteiger partial charge in [0.05, 0.1) is 11.9 Å². The minimum Gasteiger partial charge on any atom is -0.381 e. The fraction of sp³-hybridized carbons (Fsp3) is 0.667. The van der Waals surface area contributed by atoms with Gasteiger partial charge in [-0.3, -0.25) is 4.79 Å². The molecule has 0 aliphatic heterocycles. The second-order valence-electron chi connectivity index (χ2n) is 5.05. The number of hydrogen-bond acceptors (Lipinski definition) is 4. The van der Waals surface area contributed by atoms with Crippen LogP contribution in [0.4, 0.5) is 5.69 Å². The Bertz CT molecular complexity index is 479. The summed E-state index contributed by atoms with van der Waals surface area (Å²) in [5, 5.41) is 7.34. The number of hydrogen-bond donors (Lipinski definition) is 1. The average Bonchev–Trinajstić information content (AvgIpc) is 3.13. The molecule has 1 aromatic rings. The van der Waals surface area contributed by atoms with E-state index in [1.54, 1.807) is 13.2 Å². The van der Waals surface area contributed by atoms with Crippen molar-refractivity contribution in [1.82, 2.24) is 14.7 Å². The lowest BCUT2D eigenvalue weighted by Crippen LogP contribution is -2.36. The van der Waals surface area contributed by atoms with Crippen molar-refractivity contribution in [3.63, 3.8) is 0 Å². The third kappa shape index (κ3) is 2.92. The Kier molecular flexibility index (Phi) is 4.07. The Labute approximate surface area is 115 Å². The molecule has 1 aromatic heterocycles. The number of aromatic nitrogens is 2. The van der Waals surface area contributed by atoms with E-state index in [1.807, 2.05) is 0 Å². The van der Waals surface area contributed by atoms with Crippen molar-refractivity contribution in [3.8, 4) is 0 Å². The highest BCUT2D eigenvalue weighted by Gasteiger charge is 2.32. The molecule has 1 saturated carbocycles. The minimum atomic E-state index is -0.118. The molecular weight excluding hydrogens is 296 g/mol. The van der Waals surface area contributed by atoms with Gasteiger partial charge in [0, 0.05) is 19.6 Å². The summed E-state index contributed by atoms with van der Waals surface area (Å²) in [6.07, 6.45) is 4.30. The number of aryl methyl sites for hydroxylation is 1. The van der Waals surface area contributed by atoms with Gasteiger partial charge in [-0.15, -0.1) is 0 Å². The van der Waals surface area contributed by atoms with Crippen LogP contribution in [0, 0.1) is 5.92 Å². The molecule has 1 heterocycles. The van der Waals surface area contributed by atoms with Crippen LogP contribution in [0.2, 0.25) is 0 Å². The van der Waals surface area contributed by atoms with E-state index in [2.05, 4.69) is 45.3 Å². The molecule has 1 unspecified atom stereocenters. The summed E-state index contributed by atoms with van der Waals surface area (Å²) >= 11 is 3.32. The Morgan fingerprint density at radius 2 is 2.28 bits per heavy atom. The highest BCUT2D eigenvalue weighted by atomic mass is 79.9. The van der Waals surface area contributed by atoms with E-state index in [0.717, 1.165) is 18.2 Å². The van der Waals surface area contributed by atoms with Crippen LogP contribution in [0.5, 0.6) is 0 Å². The maximum Gasteiger partial charge on any atom is 0.282 e. The average molecular weight is 315 g/mol. The zero-order chi connectivity index (χ0) is 13.3. The van der Waals surface area contributed by atoms with Crippen LogP contribution in [0.1, 0.15) is 12.8 Å².